The van der Waals surface area contributed by atoms with Gasteiger partial charge in [-0.25, -0.2) is 4.98 Å². The lowest BCUT2D eigenvalue weighted by molar-refractivity contribution is 0.775. The van der Waals surface area contributed by atoms with E-state index in [2.05, 4.69) is 15.3 Å². The number of aromatic nitrogens is 2. The molecule has 0 aliphatic carbocycles. The highest BCUT2D eigenvalue weighted by Crippen LogP contribution is 2.23. The number of fused-ring (bicyclic) bond motifs is 1. The van der Waals surface area contributed by atoms with Crippen molar-refractivity contribution < 1.29 is 0 Å². The predicted octanol–water partition coefficient (Wildman–Crippen LogP) is 2.24. The standard InChI is InChI=1S/C10H12ClN3/c1-6-3-7(11)10-8(4-6)13-9(14-10)5-12-2/h3-4,12H,5H2,1-2H3,(H,13,14). The molecule has 1 aromatic carbocycles. The van der Waals surface area contributed by atoms with E-state index in [1.165, 1.54) is 0 Å². The Balaban J connectivity index is 2.58. The van der Waals surface area contributed by atoms with Crippen molar-refractivity contribution in [2.75, 3.05) is 7.05 Å². The molecule has 0 spiro atoms. The number of benzene rings is 1. The average Bonchev–Trinajstić information content (AvgIpc) is 2.48. The maximum Gasteiger partial charge on any atom is 0.121 e. The summed E-state index contributed by atoms with van der Waals surface area (Å²) in [5, 5.41) is 3.75. The van der Waals surface area contributed by atoms with Gasteiger partial charge in [0.15, 0.2) is 0 Å². The zero-order chi connectivity index (χ0) is 10.1. The first-order valence-corrected chi connectivity index (χ1v) is 4.88. The van der Waals surface area contributed by atoms with Crippen LogP contribution in [0.1, 0.15) is 11.4 Å². The Kier molecular flexibility index (Phi) is 2.44. The molecule has 0 saturated carbocycles. The van der Waals surface area contributed by atoms with E-state index in [1.807, 2.05) is 26.1 Å². The topological polar surface area (TPSA) is 40.7 Å². The minimum atomic E-state index is 0.707. The monoisotopic (exact) mass is 209 g/mol. The lowest BCUT2D eigenvalue weighted by atomic mass is 10.2. The van der Waals surface area contributed by atoms with E-state index in [1.54, 1.807) is 0 Å². The number of hydrogen-bond acceptors (Lipinski definition) is 2. The summed E-state index contributed by atoms with van der Waals surface area (Å²) in [6, 6.07) is 3.97. The summed E-state index contributed by atoms with van der Waals surface area (Å²) in [7, 11) is 1.89. The van der Waals surface area contributed by atoms with Crippen molar-refractivity contribution in [2.24, 2.45) is 0 Å². The molecule has 0 radical (unpaired) electrons. The average molecular weight is 210 g/mol. The van der Waals surface area contributed by atoms with Crippen molar-refractivity contribution in [3.8, 4) is 0 Å². The van der Waals surface area contributed by atoms with Crippen LogP contribution in [-0.2, 0) is 6.54 Å². The van der Waals surface area contributed by atoms with E-state index < -0.39 is 0 Å². The number of aromatic amines is 1. The van der Waals surface area contributed by atoms with Crippen LogP contribution in [0.5, 0.6) is 0 Å². The Morgan fingerprint density at radius 2 is 2.29 bits per heavy atom. The first-order chi connectivity index (χ1) is 6.70. The molecule has 0 aliphatic heterocycles. The lowest BCUT2D eigenvalue weighted by Crippen LogP contribution is -2.06. The van der Waals surface area contributed by atoms with Crippen molar-refractivity contribution in [1.82, 2.24) is 15.3 Å². The molecular formula is C10H12ClN3. The molecular weight excluding hydrogens is 198 g/mol. The van der Waals surface area contributed by atoms with Crippen molar-refractivity contribution in [2.45, 2.75) is 13.5 Å². The fourth-order valence-corrected chi connectivity index (χ4v) is 1.83. The highest BCUT2D eigenvalue weighted by molar-refractivity contribution is 6.35. The second-order valence-electron chi connectivity index (χ2n) is 3.36. The lowest BCUT2D eigenvalue weighted by Gasteiger charge is -1.94. The van der Waals surface area contributed by atoms with Gasteiger partial charge in [0.2, 0.25) is 0 Å². The largest absolute Gasteiger partial charge is 0.341 e. The molecule has 74 valence electrons. The second-order valence-corrected chi connectivity index (χ2v) is 3.76. The molecule has 3 nitrogen and oxygen atoms in total. The zero-order valence-corrected chi connectivity index (χ0v) is 8.94. The third-order valence-electron chi connectivity index (χ3n) is 2.08. The van der Waals surface area contributed by atoms with Crippen molar-refractivity contribution in [3.05, 3.63) is 28.5 Å². The van der Waals surface area contributed by atoms with Crippen molar-refractivity contribution in [3.63, 3.8) is 0 Å². The molecule has 0 unspecified atom stereocenters. The van der Waals surface area contributed by atoms with Crippen molar-refractivity contribution >= 4 is 22.6 Å². The molecule has 2 rings (SSSR count). The second kappa shape index (κ2) is 3.59. The maximum atomic E-state index is 6.07. The Hall–Kier alpha value is -1.06. The molecule has 1 aromatic heterocycles. The van der Waals surface area contributed by atoms with E-state index in [9.17, 15) is 0 Å². The Bertz CT molecular complexity index is 462. The third kappa shape index (κ3) is 1.61. The van der Waals surface area contributed by atoms with Gasteiger partial charge in [-0.05, 0) is 31.7 Å². The fourth-order valence-electron chi connectivity index (χ4n) is 1.51. The van der Waals surface area contributed by atoms with E-state index in [0.717, 1.165) is 29.0 Å². The van der Waals surface area contributed by atoms with Crippen LogP contribution in [0.4, 0.5) is 0 Å². The molecule has 2 N–H and O–H groups in total. The minimum Gasteiger partial charge on any atom is -0.341 e. The smallest absolute Gasteiger partial charge is 0.121 e. The quantitative estimate of drug-likeness (QED) is 0.797. The number of H-pyrrole nitrogens is 1. The number of hydrogen-bond donors (Lipinski definition) is 2. The molecule has 0 amide bonds. The summed E-state index contributed by atoms with van der Waals surface area (Å²) in [5.74, 6) is 0.912. The first-order valence-electron chi connectivity index (χ1n) is 4.50. The molecule has 4 heteroatoms. The maximum absolute atomic E-state index is 6.07. The van der Waals surface area contributed by atoms with Gasteiger partial charge in [0.1, 0.15) is 11.3 Å². The van der Waals surface area contributed by atoms with Gasteiger partial charge in [0.25, 0.3) is 0 Å². The van der Waals surface area contributed by atoms with E-state index >= 15 is 0 Å². The summed E-state index contributed by atoms with van der Waals surface area (Å²) in [5.41, 5.74) is 2.99. The van der Waals surface area contributed by atoms with Crippen LogP contribution in [0, 0.1) is 6.92 Å². The van der Waals surface area contributed by atoms with Crippen LogP contribution in [0.15, 0.2) is 12.1 Å². The first kappa shape index (κ1) is 9.49. The summed E-state index contributed by atoms with van der Waals surface area (Å²) in [4.78, 5) is 7.61. The highest BCUT2D eigenvalue weighted by Gasteiger charge is 2.06. The minimum absolute atomic E-state index is 0.707. The molecule has 0 fully saturated rings. The van der Waals surface area contributed by atoms with Gasteiger partial charge in [0.05, 0.1) is 17.1 Å². The summed E-state index contributed by atoms with van der Waals surface area (Å²) < 4.78 is 0. The molecule has 2 aromatic rings. The van der Waals surface area contributed by atoms with Crippen LogP contribution >= 0.6 is 11.6 Å². The predicted molar refractivity (Wildman–Crippen MR) is 58.6 cm³/mol. The highest BCUT2D eigenvalue weighted by atomic mass is 35.5. The Morgan fingerprint density at radius 3 is 3.00 bits per heavy atom. The number of imidazole rings is 1. The number of rotatable bonds is 2. The number of nitrogens with one attached hydrogen (secondary N) is 2. The summed E-state index contributed by atoms with van der Waals surface area (Å²) in [6.45, 7) is 2.74. The van der Waals surface area contributed by atoms with Gasteiger partial charge in [-0.3, -0.25) is 0 Å². The normalized spacial score (nSPS) is 11.1. The van der Waals surface area contributed by atoms with Crippen LogP contribution < -0.4 is 5.32 Å². The molecule has 0 atom stereocenters. The third-order valence-corrected chi connectivity index (χ3v) is 2.37. The Morgan fingerprint density at radius 1 is 1.50 bits per heavy atom. The number of nitrogens with zero attached hydrogens (tertiary/aromatic N) is 1. The molecule has 0 saturated heterocycles. The van der Waals surface area contributed by atoms with Gasteiger partial charge >= 0.3 is 0 Å². The van der Waals surface area contributed by atoms with Gasteiger partial charge in [-0.2, -0.15) is 0 Å². The van der Waals surface area contributed by atoms with Crippen LogP contribution in [0.3, 0.4) is 0 Å². The Labute approximate surface area is 87.5 Å². The molecule has 14 heavy (non-hydrogen) atoms. The van der Waals surface area contributed by atoms with Gasteiger partial charge < -0.3 is 10.3 Å². The number of halogens is 1. The molecule has 1 heterocycles. The molecule has 0 aliphatic rings. The fraction of sp³-hybridized carbons (Fsp3) is 0.300. The van der Waals surface area contributed by atoms with E-state index in [4.69, 9.17) is 11.6 Å². The van der Waals surface area contributed by atoms with Crippen LogP contribution in [-0.4, -0.2) is 17.0 Å². The zero-order valence-electron chi connectivity index (χ0n) is 8.19. The number of aryl methyl sites for hydroxylation is 1. The van der Waals surface area contributed by atoms with Gasteiger partial charge in [0, 0.05) is 0 Å². The van der Waals surface area contributed by atoms with Crippen LogP contribution in [0.25, 0.3) is 11.0 Å². The molecule has 0 bridgehead atoms. The SMILES string of the molecule is CNCc1nc2c(Cl)cc(C)cc2[nH]1. The summed E-state index contributed by atoms with van der Waals surface area (Å²) in [6.07, 6.45) is 0. The van der Waals surface area contributed by atoms with E-state index in [0.29, 0.717) is 5.02 Å². The van der Waals surface area contributed by atoms with E-state index in [-0.39, 0.29) is 0 Å². The van der Waals surface area contributed by atoms with Gasteiger partial charge in [-0.15, -0.1) is 0 Å². The van der Waals surface area contributed by atoms with Gasteiger partial charge in [-0.1, -0.05) is 11.6 Å². The van der Waals surface area contributed by atoms with Crippen molar-refractivity contribution in [1.29, 1.82) is 0 Å². The van der Waals surface area contributed by atoms with Crippen LogP contribution in [0.2, 0.25) is 5.02 Å². The summed E-state index contributed by atoms with van der Waals surface area (Å²) >= 11 is 6.07.